The van der Waals surface area contributed by atoms with Crippen LogP contribution in [0.2, 0.25) is 5.02 Å². The van der Waals surface area contributed by atoms with Crippen molar-refractivity contribution in [1.82, 2.24) is 0 Å². The second-order valence-corrected chi connectivity index (χ2v) is 4.67. The standard InChI is InChI=1S/C11H13BrClNO3/c1-2-8(6-12)7-17-11-4-3-9(14(15)16)5-10(11)13/h3-5,8H,2,6-7H2,1H3. The van der Waals surface area contributed by atoms with Crippen LogP contribution in [0.5, 0.6) is 5.75 Å². The molecule has 1 aromatic rings. The summed E-state index contributed by atoms with van der Waals surface area (Å²) in [6.07, 6.45) is 0.996. The molecule has 0 radical (unpaired) electrons. The first kappa shape index (κ1) is 14.3. The van der Waals surface area contributed by atoms with E-state index in [0.717, 1.165) is 11.8 Å². The Balaban J connectivity index is 2.69. The lowest BCUT2D eigenvalue weighted by Crippen LogP contribution is -2.12. The molecule has 0 saturated carbocycles. The number of nitrogens with zero attached hydrogens (tertiary/aromatic N) is 1. The summed E-state index contributed by atoms with van der Waals surface area (Å²) in [7, 11) is 0. The number of rotatable bonds is 6. The van der Waals surface area contributed by atoms with Gasteiger partial charge in [0.05, 0.1) is 16.6 Å². The number of hydrogen-bond donors (Lipinski definition) is 0. The van der Waals surface area contributed by atoms with Crippen LogP contribution in [0.15, 0.2) is 18.2 Å². The number of alkyl halides is 1. The summed E-state index contributed by atoms with van der Waals surface area (Å²) in [4.78, 5) is 10.0. The number of non-ortho nitro benzene ring substituents is 1. The van der Waals surface area contributed by atoms with Gasteiger partial charge in [0.15, 0.2) is 0 Å². The fourth-order valence-electron chi connectivity index (χ4n) is 1.20. The van der Waals surface area contributed by atoms with Crippen LogP contribution in [0.1, 0.15) is 13.3 Å². The molecule has 0 spiro atoms. The Morgan fingerprint density at radius 3 is 2.76 bits per heavy atom. The highest BCUT2D eigenvalue weighted by Crippen LogP contribution is 2.29. The highest BCUT2D eigenvalue weighted by atomic mass is 79.9. The van der Waals surface area contributed by atoms with Gasteiger partial charge in [-0.15, -0.1) is 0 Å². The summed E-state index contributed by atoms with van der Waals surface area (Å²) in [6, 6.07) is 4.21. The molecule has 0 aliphatic rings. The molecule has 1 rings (SSSR count). The third-order valence-corrected chi connectivity index (χ3v) is 3.61. The molecule has 94 valence electrons. The fraction of sp³-hybridized carbons (Fsp3) is 0.455. The van der Waals surface area contributed by atoms with E-state index in [9.17, 15) is 10.1 Å². The molecule has 6 heteroatoms. The first-order valence-electron chi connectivity index (χ1n) is 5.21. The lowest BCUT2D eigenvalue weighted by atomic mass is 10.1. The highest BCUT2D eigenvalue weighted by molar-refractivity contribution is 9.09. The Kier molecular flexibility index (Phi) is 5.71. The summed E-state index contributed by atoms with van der Waals surface area (Å²) < 4.78 is 5.53. The van der Waals surface area contributed by atoms with Gasteiger partial charge in [-0.05, 0) is 12.5 Å². The Bertz CT molecular complexity index is 396. The molecule has 1 atom stereocenters. The largest absolute Gasteiger partial charge is 0.492 e. The van der Waals surface area contributed by atoms with E-state index in [-0.39, 0.29) is 10.7 Å². The molecule has 1 aromatic carbocycles. The van der Waals surface area contributed by atoms with E-state index in [2.05, 4.69) is 22.9 Å². The average Bonchev–Trinajstić information content (AvgIpc) is 2.31. The van der Waals surface area contributed by atoms with Crippen molar-refractivity contribution < 1.29 is 9.66 Å². The van der Waals surface area contributed by atoms with Gasteiger partial charge in [-0.25, -0.2) is 0 Å². The minimum atomic E-state index is -0.483. The van der Waals surface area contributed by atoms with Crippen molar-refractivity contribution in [3.63, 3.8) is 0 Å². The second-order valence-electron chi connectivity index (χ2n) is 3.61. The summed E-state index contributed by atoms with van der Waals surface area (Å²) >= 11 is 9.30. The average molecular weight is 323 g/mol. The van der Waals surface area contributed by atoms with Crippen LogP contribution in [-0.2, 0) is 0 Å². The predicted molar refractivity (Wildman–Crippen MR) is 71.2 cm³/mol. The number of nitro groups is 1. The third kappa shape index (κ3) is 4.16. The van der Waals surface area contributed by atoms with Gasteiger partial charge in [-0.3, -0.25) is 10.1 Å². The quantitative estimate of drug-likeness (QED) is 0.451. The normalized spacial score (nSPS) is 12.2. The fourth-order valence-corrected chi connectivity index (χ4v) is 2.07. The van der Waals surface area contributed by atoms with Gasteiger partial charge in [0.25, 0.3) is 5.69 Å². The molecule has 0 aromatic heterocycles. The monoisotopic (exact) mass is 321 g/mol. The summed E-state index contributed by atoms with van der Waals surface area (Å²) in [6.45, 7) is 2.62. The molecule has 0 heterocycles. The Morgan fingerprint density at radius 1 is 1.59 bits per heavy atom. The number of benzene rings is 1. The molecule has 0 fully saturated rings. The summed E-state index contributed by atoms with van der Waals surface area (Å²) in [5.74, 6) is 0.887. The lowest BCUT2D eigenvalue weighted by Gasteiger charge is -2.13. The maximum absolute atomic E-state index is 10.5. The van der Waals surface area contributed by atoms with Crippen LogP contribution in [0.25, 0.3) is 0 Å². The smallest absolute Gasteiger partial charge is 0.271 e. The molecule has 0 saturated heterocycles. The summed E-state index contributed by atoms with van der Waals surface area (Å²) in [5.41, 5.74) is -0.0325. The van der Waals surface area contributed by atoms with Crippen LogP contribution in [-0.4, -0.2) is 16.9 Å². The van der Waals surface area contributed by atoms with Crippen LogP contribution >= 0.6 is 27.5 Å². The first-order valence-corrected chi connectivity index (χ1v) is 6.71. The van der Waals surface area contributed by atoms with Crippen molar-refractivity contribution in [3.8, 4) is 5.75 Å². The molecular formula is C11H13BrClNO3. The van der Waals surface area contributed by atoms with Crippen molar-refractivity contribution >= 4 is 33.2 Å². The maximum Gasteiger partial charge on any atom is 0.271 e. The molecule has 0 aliphatic heterocycles. The topological polar surface area (TPSA) is 52.4 Å². The van der Waals surface area contributed by atoms with Gasteiger partial charge in [-0.1, -0.05) is 34.5 Å². The minimum absolute atomic E-state index is 0.0325. The van der Waals surface area contributed by atoms with Crippen molar-refractivity contribution in [1.29, 1.82) is 0 Å². The van der Waals surface area contributed by atoms with Gasteiger partial charge < -0.3 is 4.74 Å². The SMILES string of the molecule is CCC(CBr)COc1ccc([N+](=O)[O-])cc1Cl. The number of hydrogen-bond acceptors (Lipinski definition) is 3. The van der Waals surface area contributed by atoms with Crippen LogP contribution in [0.4, 0.5) is 5.69 Å². The molecule has 1 unspecified atom stereocenters. The molecular weight excluding hydrogens is 309 g/mol. The lowest BCUT2D eigenvalue weighted by molar-refractivity contribution is -0.384. The predicted octanol–water partition coefficient (Wildman–Crippen LogP) is 4.05. The van der Waals surface area contributed by atoms with Gasteiger partial charge in [0.1, 0.15) is 5.75 Å². The van der Waals surface area contributed by atoms with Crippen LogP contribution in [0.3, 0.4) is 0 Å². The zero-order chi connectivity index (χ0) is 12.8. The van der Waals surface area contributed by atoms with E-state index >= 15 is 0 Å². The van der Waals surface area contributed by atoms with E-state index < -0.39 is 4.92 Å². The van der Waals surface area contributed by atoms with Crippen molar-refractivity contribution in [3.05, 3.63) is 33.3 Å². The van der Waals surface area contributed by atoms with Crippen molar-refractivity contribution in [2.45, 2.75) is 13.3 Å². The summed E-state index contributed by atoms with van der Waals surface area (Å²) in [5, 5.41) is 11.6. The van der Waals surface area contributed by atoms with Crippen LogP contribution in [0, 0.1) is 16.0 Å². The zero-order valence-corrected chi connectivity index (χ0v) is 11.7. The molecule has 0 N–H and O–H groups in total. The minimum Gasteiger partial charge on any atom is -0.492 e. The second kappa shape index (κ2) is 6.81. The van der Waals surface area contributed by atoms with E-state index in [1.807, 2.05) is 0 Å². The van der Waals surface area contributed by atoms with E-state index in [1.54, 1.807) is 0 Å². The van der Waals surface area contributed by atoms with Gasteiger partial charge in [0.2, 0.25) is 0 Å². The van der Waals surface area contributed by atoms with Crippen molar-refractivity contribution in [2.75, 3.05) is 11.9 Å². The van der Waals surface area contributed by atoms with E-state index in [0.29, 0.717) is 18.3 Å². The van der Waals surface area contributed by atoms with Crippen molar-refractivity contribution in [2.24, 2.45) is 5.92 Å². The third-order valence-electron chi connectivity index (χ3n) is 2.40. The first-order chi connectivity index (χ1) is 8.08. The Labute approximate surface area is 113 Å². The van der Waals surface area contributed by atoms with Gasteiger partial charge in [0, 0.05) is 23.4 Å². The highest BCUT2D eigenvalue weighted by Gasteiger charge is 2.11. The van der Waals surface area contributed by atoms with Crippen LogP contribution < -0.4 is 4.74 Å². The Hall–Kier alpha value is -0.810. The van der Waals surface area contributed by atoms with Gasteiger partial charge >= 0.3 is 0 Å². The van der Waals surface area contributed by atoms with E-state index in [1.165, 1.54) is 18.2 Å². The molecule has 0 amide bonds. The molecule has 0 aliphatic carbocycles. The number of halogens is 2. The molecule has 4 nitrogen and oxygen atoms in total. The molecule has 0 bridgehead atoms. The number of ether oxygens (including phenoxy) is 1. The number of nitro benzene ring substituents is 1. The van der Waals surface area contributed by atoms with E-state index in [4.69, 9.17) is 16.3 Å². The molecule has 17 heavy (non-hydrogen) atoms. The zero-order valence-electron chi connectivity index (χ0n) is 9.36. The van der Waals surface area contributed by atoms with Gasteiger partial charge in [-0.2, -0.15) is 0 Å². The Morgan fingerprint density at radius 2 is 2.29 bits per heavy atom. The maximum atomic E-state index is 10.5.